The Labute approximate surface area is 109 Å². The number of hydrogen-bond donors (Lipinski definition) is 0. The lowest BCUT2D eigenvalue weighted by molar-refractivity contribution is 0.0842. The number of ether oxygens (including phenoxy) is 1. The molecule has 2 heterocycles. The van der Waals surface area contributed by atoms with Crippen LogP contribution in [-0.4, -0.2) is 30.4 Å². The van der Waals surface area contributed by atoms with Gasteiger partial charge in [-0.15, -0.1) is 0 Å². The Balaban J connectivity index is 2.02. The van der Waals surface area contributed by atoms with Crippen molar-refractivity contribution < 1.29 is 14.0 Å². The Morgan fingerprint density at radius 3 is 2.72 bits per heavy atom. The molecule has 1 aliphatic heterocycles. The molecule has 1 aromatic rings. The van der Waals surface area contributed by atoms with Gasteiger partial charge in [0.2, 0.25) is 0 Å². The van der Waals surface area contributed by atoms with Gasteiger partial charge >= 0.3 is 7.12 Å². The number of rotatable bonds is 4. The largest absolute Gasteiger partial charge is 0.496 e. The van der Waals surface area contributed by atoms with Crippen molar-refractivity contribution >= 4 is 12.6 Å². The predicted molar refractivity (Wildman–Crippen MR) is 70.7 cm³/mol. The van der Waals surface area contributed by atoms with Crippen LogP contribution in [0.1, 0.15) is 33.4 Å². The van der Waals surface area contributed by atoms with E-state index >= 15 is 0 Å². The molecular formula is C13H20BNO3. The number of hydrogen-bond acceptors (Lipinski definition) is 4. The highest BCUT2D eigenvalue weighted by Gasteiger charge is 2.43. The molecule has 1 fully saturated rings. The minimum Gasteiger partial charge on any atom is -0.402 e. The van der Waals surface area contributed by atoms with Crippen LogP contribution in [0.2, 0.25) is 0 Å². The van der Waals surface area contributed by atoms with E-state index in [1.54, 1.807) is 6.20 Å². The zero-order valence-corrected chi connectivity index (χ0v) is 11.5. The molecule has 1 unspecified atom stereocenters. The molecule has 18 heavy (non-hydrogen) atoms. The second-order valence-electron chi connectivity index (χ2n) is 5.05. The molecule has 0 saturated carbocycles. The first-order valence-corrected chi connectivity index (χ1v) is 6.39. The molecule has 5 heteroatoms. The highest BCUT2D eigenvalue weighted by atomic mass is 16.7. The van der Waals surface area contributed by atoms with Crippen molar-refractivity contribution in [2.45, 2.75) is 46.0 Å². The van der Waals surface area contributed by atoms with E-state index in [-0.39, 0.29) is 18.8 Å². The van der Waals surface area contributed by atoms with Crippen LogP contribution in [0.15, 0.2) is 18.3 Å². The van der Waals surface area contributed by atoms with Gasteiger partial charge in [0.05, 0.1) is 24.0 Å². The summed E-state index contributed by atoms with van der Waals surface area (Å²) in [5.74, 6) is 0. The van der Waals surface area contributed by atoms with E-state index in [1.165, 1.54) is 0 Å². The highest BCUT2D eigenvalue weighted by Crippen LogP contribution is 2.26. The van der Waals surface area contributed by atoms with E-state index in [4.69, 9.17) is 14.0 Å². The molecule has 1 aliphatic rings. The van der Waals surface area contributed by atoms with Crippen molar-refractivity contribution in [1.82, 2.24) is 4.98 Å². The van der Waals surface area contributed by atoms with Gasteiger partial charge < -0.3 is 14.0 Å². The summed E-state index contributed by atoms with van der Waals surface area (Å²) in [5.41, 5.74) is 1.62. The zero-order valence-electron chi connectivity index (χ0n) is 11.5. The maximum absolute atomic E-state index is 5.87. The predicted octanol–water partition coefficient (Wildman–Crippen LogP) is 1.53. The summed E-state index contributed by atoms with van der Waals surface area (Å²) in [7, 11) is -0.316. The molecule has 1 saturated heterocycles. The minimum atomic E-state index is -0.316. The maximum Gasteiger partial charge on any atom is 0.496 e. The molecule has 2 rings (SSSR count). The van der Waals surface area contributed by atoms with Gasteiger partial charge in [-0.25, -0.2) is 0 Å². The summed E-state index contributed by atoms with van der Waals surface area (Å²) in [5, 5.41) is 0. The molecule has 0 radical (unpaired) electrons. The molecule has 1 aromatic heterocycles. The molecule has 0 aliphatic carbocycles. The number of nitrogens with zero attached hydrogens (tertiary/aromatic N) is 1. The quantitative estimate of drug-likeness (QED) is 0.759. The van der Waals surface area contributed by atoms with Gasteiger partial charge in [0, 0.05) is 18.3 Å². The topological polar surface area (TPSA) is 40.6 Å². The van der Waals surface area contributed by atoms with Crippen LogP contribution >= 0.6 is 0 Å². The molecule has 0 aromatic carbocycles. The van der Waals surface area contributed by atoms with Crippen LogP contribution in [0.5, 0.6) is 0 Å². The first-order valence-electron chi connectivity index (χ1n) is 6.39. The van der Waals surface area contributed by atoms with Crippen molar-refractivity contribution in [3.05, 3.63) is 24.0 Å². The van der Waals surface area contributed by atoms with Crippen LogP contribution in [0, 0.1) is 0 Å². The molecule has 0 spiro atoms. The third kappa shape index (κ3) is 2.91. The summed E-state index contributed by atoms with van der Waals surface area (Å²) in [6, 6.07) is 3.94. The second kappa shape index (κ2) is 5.39. The van der Waals surface area contributed by atoms with Gasteiger partial charge in [-0.1, -0.05) is 6.07 Å². The summed E-state index contributed by atoms with van der Waals surface area (Å²) in [6.45, 7) is 9.31. The first-order chi connectivity index (χ1) is 8.53. The van der Waals surface area contributed by atoms with E-state index in [0.717, 1.165) is 11.2 Å². The standard InChI is InChI=1S/C13H20BNO3/c1-5-16-9-12-7-6-11(8-15-12)14-17-10(2)13(3,4)18-14/h6-8,10H,5,9H2,1-4H3. The molecule has 0 bridgehead atoms. The Bertz CT molecular complexity index is 394. The number of pyridine rings is 1. The van der Waals surface area contributed by atoms with Gasteiger partial charge in [-0.3, -0.25) is 4.98 Å². The Hall–Kier alpha value is -0.905. The van der Waals surface area contributed by atoms with Crippen LogP contribution in [-0.2, 0) is 20.7 Å². The van der Waals surface area contributed by atoms with Gasteiger partial charge in [-0.05, 0) is 33.8 Å². The molecule has 4 nitrogen and oxygen atoms in total. The fraction of sp³-hybridized carbons (Fsp3) is 0.615. The van der Waals surface area contributed by atoms with Gasteiger partial charge in [0.25, 0.3) is 0 Å². The zero-order chi connectivity index (χ0) is 13.2. The SMILES string of the molecule is CCOCc1ccc(B2OC(C)C(C)(C)O2)cn1. The first kappa shape index (κ1) is 13.5. The minimum absolute atomic E-state index is 0.0746. The third-order valence-electron chi connectivity index (χ3n) is 3.29. The van der Waals surface area contributed by atoms with Gasteiger partial charge in [0.1, 0.15) is 0 Å². The average molecular weight is 249 g/mol. The molecule has 1 atom stereocenters. The second-order valence-corrected chi connectivity index (χ2v) is 5.05. The molecule has 0 N–H and O–H groups in total. The van der Waals surface area contributed by atoms with Crippen molar-refractivity contribution in [2.24, 2.45) is 0 Å². The lowest BCUT2D eigenvalue weighted by Crippen LogP contribution is -2.35. The lowest BCUT2D eigenvalue weighted by atomic mass is 9.80. The average Bonchev–Trinajstić information content (AvgIpc) is 2.62. The van der Waals surface area contributed by atoms with E-state index in [0.29, 0.717) is 13.2 Å². The van der Waals surface area contributed by atoms with E-state index in [9.17, 15) is 0 Å². The van der Waals surface area contributed by atoms with Crippen molar-refractivity contribution in [1.29, 1.82) is 0 Å². The lowest BCUT2D eigenvalue weighted by Gasteiger charge is -2.21. The number of aromatic nitrogens is 1. The summed E-state index contributed by atoms with van der Waals surface area (Å²) < 4.78 is 17.0. The maximum atomic E-state index is 5.87. The summed E-state index contributed by atoms with van der Waals surface area (Å²) in [4.78, 5) is 4.35. The van der Waals surface area contributed by atoms with Crippen molar-refractivity contribution in [3.8, 4) is 0 Å². The molecule has 0 amide bonds. The third-order valence-corrected chi connectivity index (χ3v) is 3.29. The van der Waals surface area contributed by atoms with Crippen LogP contribution < -0.4 is 5.46 Å². The molecule has 98 valence electrons. The van der Waals surface area contributed by atoms with E-state index in [1.807, 2.05) is 39.8 Å². The van der Waals surface area contributed by atoms with Crippen molar-refractivity contribution in [2.75, 3.05) is 6.61 Å². The highest BCUT2D eigenvalue weighted by molar-refractivity contribution is 6.61. The Morgan fingerprint density at radius 1 is 1.44 bits per heavy atom. The molecular weight excluding hydrogens is 229 g/mol. The Morgan fingerprint density at radius 2 is 2.22 bits per heavy atom. The summed E-state index contributed by atoms with van der Waals surface area (Å²) in [6.07, 6.45) is 1.87. The van der Waals surface area contributed by atoms with Gasteiger partial charge in [-0.2, -0.15) is 0 Å². The van der Waals surface area contributed by atoms with E-state index < -0.39 is 0 Å². The fourth-order valence-corrected chi connectivity index (χ4v) is 1.76. The van der Waals surface area contributed by atoms with E-state index in [2.05, 4.69) is 4.98 Å². The van der Waals surface area contributed by atoms with Crippen LogP contribution in [0.4, 0.5) is 0 Å². The fourth-order valence-electron chi connectivity index (χ4n) is 1.76. The van der Waals surface area contributed by atoms with Crippen molar-refractivity contribution in [3.63, 3.8) is 0 Å². The summed E-state index contributed by atoms with van der Waals surface area (Å²) >= 11 is 0. The normalized spacial score (nSPS) is 22.4. The monoisotopic (exact) mass is 249 g/mol. The van der Waals surface area contributed by atoms with Crippen LogP contribution in [0.3, 0.4) is 0 Å². The Kier molecular flexibility index (Phi) is 4.05. The smallest absolute Gasteiger partial charge is 0.402 e. The van der Waals surface area contributed by atoms with Gasteiger partial charge in [0.15, 0.2) is 0 Å². The van der Waals surface area contributed by atoms with Crippen LogP contribution in [0.25, 0.3) is 0 Å².